The number of anilines is 1. The molecule has 0 bridgehead atoms. The van der Waals surface area contributed by atoms with E-state index in [-0.39, 0.29) is 5.41 Å². The van der Waals surface area contributed by atoms with Crippen molar-refractivity contribution in [3.8, 4) is 6.07 Å². The molecule has 4 nitrogen and oxygen atoms in total. The highest BCUT2D eigenvalue weighted by Gasteiger charge is 2.37. The Morgan fingerprint density at radius 1 is 1.07 bits per heavy atom. The molecule has 2 aromatic carbocycles. The summed E-state index contributed by atoms with van der Waals surface area (Å²) < 4.78 is 1.97. The van der Waals surface area contributed by atoms with Gasteiger partial charge < -0.3 is 9.47 Å². The Labute approximate surface area is 159 Å². The number of benzene rings is 2. The van der Waals surface area contributed by atoms with Gasteiger partial charge in [-0.3, -0.25) is 0 Å². The second-order valence-electron chi connectivity index (χ2n) is 7.43. The van der Waals surface area contributed by atoms with Gasteiger partial charge in [0.15, 0.2) is 5.82 Å². The summed E-state index contributed by atoms with van der Waals surface area (Å²) in [6.45, 7) is 4.44. The van der Waals surface area contributed by atoms with Gasteiger partial charge in [0.05, 0.1) is 16.6 Å². The molecule has 0 amide bonds. The maximum atomic E-state index is 9.76. The fourth-order valence-corrected chi connectivity index (χ4v) is 4.01. The van der Waals surface area contributed by atoms with Gasteiger partial charge in [-0.15, -0.1) is 0 Å². The third-order valence-electron chi connectivity index (χ3n) is 5.50. The van der Waals surface area contributed by atoms with Crippen LogP contribution in [0.3, 0.4) is 0 Å². The van der Waals surface area contributed by atoms with Crippen LogP contribution in [0, 0.1) is 11.3 Å². The van der Waals surface area contributed by atoms with Gasteiger partial charge in [-0.05, 0) is 35.9 Å². The predicted octanol–water partition coefficient (Wildman–Crippen LogP) is 4.79. The van der Waals surface area contributed by atoms with Crippen molar-refractivity contribution in [2.45, 2.75) is 19.3 Å². The van der Waals surface area contributed by atoms with Crippen molar-refractivity contribution in [1.29, 1.82) is 5.26 Å². The Kier molecular flexibility index (Phi) is 3.89. The lowest BCUT2D eigenvalue weighted by molar-refractivity contribution is 0.640. The molecule has 2 heterocycles. The summed E-state index contributed by atoms with van der Waals surface area (Å²) in [4.78, 5) is 6.86. The Morgan fingerprint density at radius 2 is 1.78 bits per heavy atom. The second-order valence-corrected chi connectivity index (χ2v) is 7.43. The van der Waals surface area contributed by atoms with Gasteiger partial charge in [0, 0.05) is 30.9 Å². The minimum atomic E-state index is -0.116. The van der Waals surface area contributed by atoms with Crippen LogP contribution in [0.4, 0.5) is 5.69 Å². The van der Waals surface area contributed by atoms with Crippen LogP contribution < -0.4 is 4.90 Å². The number of fused-ring (bicyclic) bond motifs is 2. The standard InChI is InChI=1S/C23H22N4/c1-23(2)17-9-5-7-11-19(17)26(3)21(23)14-13-16(15-24)22-25-18-10-6-8-12-20(18)27(22)4/h5-14H,1-4H3/b16-13+,21-14-. The van der Waals surface area contributed by atoms with E-state index < -0.39 is 0 Å². The molecule has 4 heteroatoms. The van der Waals surface area contributed by atoms with Crippen LogP contribution in [0.1, 0.15) is 25.2 Å². The highest BCUT2D eigenvalue weighted by molar-refractivity contribution is 5.84. The van der Waals surface area contributed by atoms with Crippen LogP contribution in [0.25, 0.3) is 16.6 Å². The molecule has 0 fully saturated rings. The Morgan fingerprint density at radius 3 is 2.48 bits per heavy atom. The van der Waals surface area contributed by atoms with Crippen molar-refractivity contribution in [1.82, 2.24) is 9.55 Å². The van der Waals surface area contributed by atoms with E-state index in [0.717, 1.165) is 16.7 Å². The highest BCUT2D eigenvalue weighted by Crippen LogP contribution is 2.46. The third-order valence-corrected chi connectivity index (χ3v) is 5.50. The summed E-state index contributed by atoms with van der Waals surface area (Å²) in [7, 11) is 4.03. The maximum Gasteiger partial charge on any atom is 0.151 e. The van der Waals surface area contributed by atoms with Gasteiger partial charge >= 0.3 is 0 Å². The van der Waals surface area contributed by atoms with E-state index in [9.17, 15) is 5.26 Å². The van der Waals surface area contributed by atoms with Crippen molar-refractivity contribution < 1.29 is 0 Å². The number of nitriles is 1. The van der Waals surface area contributed by atoms with Crippen LogP contribution in [0.2, 0.25) is 0 Å². The molecule has 0 N–H and O–H groups in total. The second kappa shape index (κ2) is 6.14. The normalized spacial score (nSPS) is 17.4. The molecule has 0 saturated carbocycles. The van der Waals surface area contributed by atoms with Gasteiger partial charge in [-0.25, -0.2) is 4.98 Å². The zero-order chi connectivity index (χ0) is 19.2. The van der Waals surface area contributed by atoms with E-state index in [1.165, 1.54) is 11.3 Å². The smallest absolute Gasteiger partial charge is 0.151 e. The molecular weight excluding hydrogens is 332 g/mol. The van der Waals surface area contributed by atoms with Crippen LogP contribution in [-0.4, -0.2) is 16.6 Å². The molecular formula is C23H22N4. The van der Waals surface area contributed by atoms with Gasteiger partial charge in [-0.2, -0.15) is 5.26 Å². The SMILES string of the molecule is CN1/C(=C\C=C(/C#N)c2nc3ccccc3n2C)C(C)(C)c2ccccc21. The molecule has 0 aliphatic carbocycles. The van der Waals surface area contributed by atoms with E-state index >= 15 is 0 Å². The van der Waals surface area contributed by atoms with E-state index in [0.29, 0.717) is 11.4 Å². The first kappa shape index (κ1) is 17.1. The molecule has 1 aliphatic rings. The number of rotatable bonds is 2. The van der Waals surface area contributed by atoms with Gasteiger partial charge in [0.1, 0.15) is 6.07 Å². The number of aryl methyl sites for hydroxylation is 1. The van der Waals surface area contributed by atoms with Crippen molar-refractivity contribution in [2.24, 2.45) is 7.05 Å². The van der Waals surface area contributed by atoms with Gasteiger partial charge in [0.25, 0.3) is 0 Å². The summed E-state index contributed by atoms with van der Waals surface area (Å²) in [5, 5.41) is 9.76. The summed E-state index contributed by atoms with van der Waals surface area (Å²) in [6.07, 6.45) is 3.94. The summed E-state index contributed by atoms with van der Waals surface area (Å²) in [5.41, 5.74) is 6.03. The Balaban J connectivity index is 1.80. The molecule has 4 rings (SSSR count). The van der Waals surface area contributed by atoms with Gasteiger partial charge in [-0.1, -0.05) is 44.2 Å². The molecule has 0 atom stereocenters. The topological polar surface area (TPSA) is 44.9 Å². The lowest BCUT2D eigenvalue weighted by atomic mass is 9.83. The lowest BCUT2D eigenvalue weighted by Gasteiger charge is -2.23. The average molecular weight is 354 g/mol. The van der Waals surface area contributed by atoms with Crippen molar-refractivity contribution in [2.75, 3.05) is 11.9 Å². The van der Waals surface area contributed by atoms with Crippen LogP contribution in [0.5, 0.6) is 0 Å². The average Bonchev–Trinajstić information content (AvgIpc) is 3.10. The molecule has 0 saturated heterocycles. The zero-order valence-corrected chi connectivity index (χ0v) is 16.1. The first-order valence-electron chi connectivity index (χ1n) is 9.03. The van der Waals surface area contributed by atoms with Crippen LogP contribution in [0.15, 0.2) is 66.4 Å². The Bertz CT molecular complexity index is 1140. The highest BCUT2D eigenvalue weighted by atomic mass is 15.2. The number of hydrogen-bond donors (Lipinski definition) is 0. The number of para-hydroxylation sites is 3. The molecule has 0 spiro atoms. The fraction of sp³-hybridized carbons (Fsp3) is 0.217. The number of likely N-dealkylation sites (N-methyl/N-ethyl adjacent to an activating group) is 1. The van der Waals surface area contributed by atoms with Crippen LogP contribution in [-0.2, 0) is 12.5 Å². The van der Waals surface area contributed by atoms with Crippen LogP contribution >= 0.6 is 0 Å². The van der Waals surface area contributed by atoms with Crippen molar-refractivity contribution in [3.63, 3.8) is 0 Å². The van der Waals surface area contributed by atoms with E-state index in [4.69, 9.17) is 0 Å². The largest absolute Gasteiger partial charge is 0.347 e. The molecule has 3 aromatic rings. The fourth-order valence-electron chi connectivity index (χ4n) is 4.01. The summed E-state index contributed by atoms with van der Waals surface area (Å²) >= 11 is 0. The van der Waals surface area contributed by atoms with E-state index in [1.54, 1.807) is 0 Å². The van der Waals surface area contributed by atoms with Crippen molar-refractivity contribution in [3.05, 3.63) is 77.8 Å². The zero-order valence-electron chi connectivity index (χ0n) is 16.1. The van der Waals surface area contributed by atoms with Gasteiger partial charge in [0.2, 0.25) is 0 Å². The number of aromatic nitrogens is 2. The monoisotopic (exact) mass is 354 g/mol. The third kappa shape index (κ3) is 2.55. The molecule has 27 heavy (non-hydrogen) atoms. The first-order chi connectivity index (χ1) is 12.9. The molecule has 1 aromatic heterocycles. The van der Waals surface area contributed by atoms with Crippen molar-refractivity contribution >= 4 is 22.3 Å². The minimum Gasteiger partial charge on any atom is -0.347 e. The minimum absolute atomic E-state index is 0.116. The molecule has 1 aliphatic heterocycles. The van der Waals surface area contributed by atoms with E-state index in [1.807, 2.05) is 42.0 Å². The first-order valence-corrected chi connectivity index (χ1v) is 9.03. The number of allylic oxidation sites excluding steroid dienone is 4. The molecule has 134 valence electrons. The number of imidazole rings is 1. The quantitative estimate of drug-likeness (QED) is 0.622. The number of hydrogen-bond acceptors (Lipinski definition) is 3. The maximum absolute atomic E-state index is 9.76. The van der Waals surface area contributed by atoms with E-state index in [2.05, 4.69) is 67.2 Å². The Hall–Kier alpha value is -3.32. The molecule has 0 radical (unpaired) electrons. The number of nitrogens with zero attached hydrogens (tertiary/aromatic N) is 4. The molecule has 0 unspecified atom stereocenters. The predicted molar refractivity (Wildman–Crippen MR) is 110 cm³/mol. The summed E-state index contributed by atoms with van der Waals surface area (Å²) in [6, 6.07) is 18.7. The summed E-state index contributed by atoms with van der Waals surface area (Å²) in [5.74, 6) is 0.687. The lowest BCUT2D eigenvalue weighted by Crippen LogP contribution is -2.22.